The Balaban J connectivity index is 1.90. The lowest BCUT2D eigenvalue weighted by Crippen LogP contribution is -2.31. The molecule has 1 unspecified atom stereocenters. The predicted octanol–water partition coefficient (Wildman–Crippen LogP) is 2.41. The van der Waals surface area contributed by atoms with E-state index < -0.39 is 16.0 Å². The van der Waals surface area contributed by atoms with Gasteiger partial charge in [-0.3, -0.25) is 0 Å². The second kappa shape index (κ2) is 6.85. The van der Waals surface area contributed by atoms with Crippen LogP contribution in [0.2, 0.25) is 0 Å². The first kappa shape index (κ1) is 17.4. The molecule has 0 heterocycles. The summed E-state index contributed by atoms with van der Waals surface area (Å²) in [6.45, 7) is 0. The first-order valence-electron chi connectivity index (χ1n) is 8.00. The summed E-state index contributed by atoms with van der Waals surface area (Å²) in [5, 5.41) is 0. The Kier molecular flexibility index (Phi) is 4.78. The minimum Gasteiger partial charge on any atom is -0.465 e. The van der Waals surface area contributed by atoms with E-state index in [2.05, 4.69) is 9.46 Å². The van der Waals surface area contributed by atoms with Crippen LogP contribution in [-0.4, -0.2) is 21.5 Å². The van der Waals surface area contributed by atoms with Crippen molar-refractivity contribution in [2.24, 2.45) is 0 Å². The van der Waals surface area contributed by atoms with Crippen molar-refractivity contribution in [3.8, 4) is 0 Å². The number of esters is 1. The number of aryl methyl sites for hydroxylation is 1. The zero-order valence-electron chi connectivity index (χ0n) is 13.9. The summed E-state index contributed by atoms with van der Waals surface area (Å²) in [5.74, 6) is -0.574. The van der Waals surface area contributed by atoms with Crippen molar-refractivity contribution in [1.82, 2.24) is 4.72 Å². The number of nitrogens with one attached hydrogen (secondary N) is 1. The number of carbonyl (C=O) groups is 1. The topological polar surface area (TPSA) is 98.5 Å². The van der Waals surface area contributed by atoms with Gasteiger partial charge in [0.05, 0.1) is 17.6 Å². The number of carbonyl (C=O) groups excluding carboxylic acids is 1. The van der Waals surface area contributed by atoms with Gasteiger partial charge in [0.25, 0.3) is 0 Å². The molecule has 1 aliphatic carbocycles. The van der Waals surface area contributed by atoms with E-state index in [1.807, 2.05) is 12.1 Å². The number of sulfonamides is 1. The zero-order chi connectivity index (χ0) is 18.0. The molecule has 2 aromatic rings. The fraction of sp³-hybridized carbons (Fsp3) is 0.278. The number of hydrogen-bond acceptors (Lipinski definition) is 5. The highest BCUT2D eigenvalue weighted by atomic mass is 32.2. The molecule has 0 spiro atoms. The van der Waals surface area contributed by atoms with Crippen LogP contribution in [0.3, 0.4) is 0 Å². The van der Waals surface area contributed by atoms with E-state index in [0.717, 1.165) is 24.0 Å². The van der Waals surface area contributed by atoms with Gasteiger partial charge in [-0.15, -0.1) is 0 Å². The summed E-state index contributed by atoms with van der Waals surface area (Å²) in [7, 11) is -2.51. The van der Waals surface area contributed by atoms with Crippen LogP contribution in [0.1, 0.15) is 40.4 Å². The summed E-state index contributed by atoms with van der Waals surface area (Å²) in [6, 6.07) is 11.1. The zero-order valence-corrected chi connectivity index (χ0v) is 14.7. The van der Waals surface area contributed by atoms with Crippen molar-refractivity contribution in [3.05, 3.63) is 59.2 Å². The van der Waals surface area contributed by atoms with E-state index >= 15 is 0 Å². The first-order chi connectivity index (χ1) is 11.9. The van der Waals surface area contributed by atoms with Crippen LogP contribution < -0.4 is 10.5 Å². The lowest BCUT2D eigenvalue weighted by molar-refractivity contribution is 0.0600. The predicted molar refractivity (Wildman–Crippen MR) is 94.6 cm³/mol. The van der Waals surface area contributed by atoms with Gasteiger partial charge in [-0.25, -0.2) is 17.9 Å². The Morgan fingerprint density at radius 2 is 2.04 bits per heavy atom. The largest absolute Gasteiger partial charge is 0.465 e. The second-order valence-electron chi connectivity index (χ2n) is 6.04. The molecule has 132 valence electrons. The van der Waals surface area contributed by atoms with Gasteiger partial charge in [-0.1, -0.05) is 12.1 Å². The number of nitrogens with two attached hydrogens (primary N) is 1. The van der Waals surface area contributed by atoms with Crippen molar-refractivity contribution >= 4 is 21.7 Å². The Morgan fingerprint density at radius 3 is 2.80 bits per heavy atom. The van der Waals surface area contributed by atoms with Crippen LogP contribution >= 0.6 is 0 Å². The fourth-order valence-corrected chi connectivity index (χ4v) is 4.42. The average molecular weight is 360 g/mol. The van der Waals surface area contributed by atoms with Gasteiger partial charge in [0.15, 0.2) is 0 Å². The summed E-state index contributed by atoms with van der Waals surface area (Å²) in [5.41, 5.74) is 8.72. The van der Waals surface area contributed by atoms with E-state index in [1.54, 1.807) is 6.07 Å². The number of fused-ring (bicyclic) bond motifs is 1. The molecular weight excluding hydrogens is 340 g/mol. The smallest absolute Gasteiger partial charge is 0.337 e. The number of methoxy groups -OCH3 is 1. The normalized spacial score (nSPS) is 16.9. The maximum absolute atomic E-state index is 12.8. The molecular formula is C18H20N2O4S. The number of nitrogen functional groups attached to an aromatic ring is 1. The molecule has 0 saturated carbocycles. The van der Waals surface area contributed by atoms with E-state index in [0.29, 0.717) is 12.1 Å². The van der Waals surface area contributed by atoms with Gasteiger partial charge < -0.3 is 10.5 Å². The highest BCUT2D eigenvalue weighted by Crippen LogP contribution is 2.32. The monoisotopic (exact) mass is 360 g/mol. The molecule has 0 saturated heterocycles. The first-order valence-corrected chi connectivity index (χ1v) is 9.48. The minimum absolute atomic E-state index is 0.0398. The number of rotatable bonds is 4. The molecule has 1 atom stereocenters. The third kappa shape index (κ3) is 3.67. The van der Waals surface area contributed by atoms with Gasteiger partial charge in [-0.2, -0.15) is 0 Å². The molecule has 3 N–H and O–H groups in total. The van der Waals surface area contributed by atoms with Crippen molar-refractivity contribution in [3.63, 3.8) is 0 Å². The van der Waals surface area contributed by atoms with Crippen LogP contribution in [0.4, 0.5) is 5.69 Å². The molecule has 0 aliphatic heterocycles. The average Bonchev–Trinajstić information content (AvgIpc) is 2.61. The third-order valence-corrected chi connectivity index (χ3v) is 5.81. The maximum Gasteiger partial charge on any atom is 0.337 e. The molecule has 0 aromatic heterocycles. The number of benzene rings is 2. The highest BCUT2D eigenvalue weighted by Gasteiger charge is 2.26. The molecule has 2 aromatic carbocycles. The van der Waals surface area contributed by atoms with Crippen molar-refractivity contribution < 1.29 is 17.9 Å². The highest BCUT2D eigenvalue weighted by molar-refractivity contribution is 7.89. The summed E-state index contributed by atoms with van der Waals surface area (Å²) in [6.07, 6.45) is 2.48. The van der Waals surface area contributed by atoms with Crippen molar-refractivity contribution in [2.45, 2.75) is 30.2 Å². The number of anilines is 1. The fourth-order valence-electron chi connectivity index (χ4n) is 3.12. The van der Waals surface area contributed by atoms with Crippen LogP contribution in [-0.2, 0) is 21.2 Å². The quantitative estimate of drug-likeness (QED) is 0.644. The third-order valence-electron chi connectivity index (χ3n) is 4.34. The van der Waals surface area contributed by atoms with Gasteiger partial charge in [-0.05, 0) is 60.7 Å². The number of hydrogen-bond donors (Lipinski definition) is 2. The van der Waals surface area contributed by atoms with Crippen LogP contribution in [0.5, 0.6) is 0 Å². The van der Waals surface area contributed by atoms with E-state index in [-0.39, 0.29) is 16.5 Å². The van der Waals surface area contributed by atoms with Gasteiger partial charge in [0.1, 0.15) is 0 Å². The van der Waals surface area contributed by atoms with Gasteiger partial charge in [0, 0.05) is 11.7 Å². The lowest BCUT2D eigenvalue weighted by Gasteiger charge is -2.26. The van der Waals surface area contributed by atoms with E-state index in [9.17, 15) is 13.2 Å². The molecule has 7 heteroatoms. The van der Waals surface area contributed by atoms with Gasteiger partial charge in [0.2, 0.25) is 10.0 Å². The minimum atomic E-state index is -3.77. The Bertz CT molecular complexity index is 909. The second-order valence-corrected chi connectivity index (χ2v) is 7.76. The Morgan fingerprint density at radius 1 is 1.24 bits per heavy atom. The van der Waals surface area contributed by atoms with Crippen molar-refractivity contribution in [1.29, 1.82) is 0 Å². The molecule has 1 aliphatic rings. The molecule has 0 fully saturated rings. The Labute approximate surface area is 147 Å². The molecule has 3 rings (SSSR count). The lowest BCUT2D eigenvalue weighted by atomic mass is 9.88. The van der Waals surface area contributed by atoms with E-state index in [1.165, 1.54) is 31.4 Å². The number of ether oxygens (including phenoxy) is 1. The summed E-state index contributed by atoms with van der Waals surface area (Å²) in [4.78, 5) is 11.7. The van der Waals surface area contributed by atoms with Gasteiger partial charge >= 0.3 is 5.97 Å². The van der Waals surface area contributed by atoms with E-state index in [4.69, 9.17) is 5.73 Å². The molecule has 6 nitrogen and oxygen atoms in total. The molecule has 25 heavy (non-hydrogen) atoms. The van der Waals surface area contributed by atoms with Crippen molar-refractivity contribution in [2.75, 3.05) is 12.8 Å². The molecule has 0 bridgehead atoms. The molecule has 0 amide bonds. The summed E-state index contributed by atoms with van der Waals surface area (Å²) >= 11 is 0. The summed E-state index contributed by atoms with van der Waals surface area (Å²) < 4.78 is 32.9. The standard InChI is InChI=1S/C18H20N2O4S/c1-24-18(21)13-5-2-6-15(11-13)25(22,23)20-17-7-3-4-12-10-14(19)8-9-16(12)17/h2,5-6,8-11,17,20H,3-4,7,19H2,1H3. The molecule has 0 radical (unpaired) electrons. The Hall–Kier alpha value is -2.38. The van der Waals surface area contributed by atoms with Crippen LogP contribution in [0, 0.1) is 0 Å². The maximum atomic E-state index is 12.8. The van der Waals surface area contributed by atoms with Crippen LogP contribution in [0.15, 0.2) is 47.4 Å². The SMILES string of the molecule is COC(=O)c1cccc(S(=O)(=O)NC2CCCc3cc(N)ccc32)c1. The van der Waals surface area contributed by atoms with Crippen LogP contribution in [0.25, 0.3) is 0 Å².